The smallest absolute Gasteiger partial charge is 0.225 e. The maximum absolute atomic E-state index is 5.28. The van der Waals surface area contributed by atoms with E-state index < -0.39 is 0 Å². The normalized spacial score (nSPS) is 26.6. The highest BCUT2D eigenvalue weighted by atomic mass is 17.0. The second-order valence-corrected chi connectivity index (χ2v) is 6.73. The van der Waals surface area contributed by atoms with Crippen LogP contribution in [-0.2, 0) is 9.47 Å². The zero-order valence-electron chi connectivity index (χ0n) is 13.5. The van der Waals surface area contributed by atoms with Gasteiger partial charge in [0.2, 0.25) is 12.1 Å². The first kappa shape index (κ1) is 16.3. The Kier molecular flexibility index (Phi) is 7.37. The first-order valence-electron chi connectivity index (χ1n) is 9.23. The van der Waals surface area contributed by atoms with Crippen molar-refractivity contribution in [3.63, 3.8) is 0 Å². The van der Waals surface area contributed by atoms with Crippen LogP contribution in [0.1, 0.15) is 103 Å². The van der Waals surface area contributed by atoms with Gasteiger partial charge in [0.1, 0.15) is 0 Å². The van der Waals surface area contributed by atoms with Crippen LogP contribution in [0, 0.1) is 0 Å². The van der Waals surface area contributed by atoms with Gasteiger partial charge in [0.25, 0.3) is 0 Å². The van der Waals surface area contributed by atoms with Crippen molar-refractivity contribution in [2.45, 2.75) is 115 Å². The molecule has 2 aliphatic rings. The van der Waals surface area contributed by atoms with Crippen LogP contribution in [0.5, 0.6) is 0 Å². The van der Waals surface area contributed by atoms with Gasteiger partial charge in [-0.1, -0.05) is 90.4 Å². The monoisotopic (exact) mass is 282 g/mol. The van der Waals surface area contributed by atoms with Crippen molar-refractivity contribution in [1.82, 2.24) is 0 Å². The third kappa shape index (κ3) is 6.13. The van der Waals surface area contributed by atoms with Crippen LogP contribution in [0.3, 0.4) is 0 Å². The molecule has 20 heavy (non-hydrogen) atoms. The summed E-state index contributed by atoms with van der Waals surface area (Å²) in [7, 11) is 0. The molecule has 2 saturated heterocycles. The Morgan fingerprint density at radius 2 is 0.950 bits per heavy atom. The van der Waals surface area contributed by atoms with Crippen LogP contribution in [-0.4, -0.2) is 12.1 Å². The highest BCUT2D eigenvalue weighted by Gasteiger charge is 2.76. The van der Waals surface area contributed by atoms with E-state index in [9.17, 15) is 0 Å². The number of hydrogen-bond donors (Lipinski definition) is 0. The quantitative estimate of drug-likeness (QED) is 0.274. The van der Waals surface area contributed by atoms with E-state index in [0.29, 0.717) is 0 Å². The molecule has 0 spiro atoms. The second-order valence-electron chi connectivity index (χ2n) is 6.73. The van der Waals surface area contributed by atoms with Gasteiger partial charge in [-0.3, -0.25) is 0 Å². The van der Waals surface area contributed by atoms with Gasteiger partial charge in [0.15, 0.2) is 0 Å². The van der Waals surface area contributed by atoms with Gasteiger partial charge in [0.05, 0.1) is 0 Å². The van der Waals surface area contributed by atoms with E-state index >= 15 is 0 Å². The molecule has 0 saturated carbocycles. The number of ether oxygens (including phenoxy) is 2. The van der Waals surface area contributed by atoms with E-state index in [2.05, 4.69) is 6.92 Å². The molecular formula is C18H34O2. The van der Waals surface area contributed by atoms with E-state index in [1.54, 1.807) is 0 Å². The Bertz CT molecular complexity index is 246. The molecule has 0 aromatic rings. The molecule has 0 bridgehead atoms. The number of rotatable bonds is 15. The maximum Gasteiger partial charge on any atom is 0.225 e. The minimum atomic E-state index is -0.0445. The number of unbranched alkanes of at least 4 members (excludes halogenated alkanes) is 13. The van der Waals surface area contributed by atoms with Crippen molar-refractivity contribution >= 4 is 0 Å². The average Bonchev–Trinajstić information content (AvgIpc) is 3.29. The van der Waals surface area contributed by atoms with Crippen molar-refractivity contribution in [2.75, 3.05) is 0 Å². The zero-order chi connectivity index (χ0) is 14.1. The summed E-state index contributed by atoms with van der Waals surface area (Å²) in [4.78, 5) is 0. The molecule has 0 N–H and O–H groups in total. The molecule has 2 fully saturated rings. The average molecular weight is 282 g/mol. The fourth-order valence-corrected chi connectivity index (χ4v) is 3.10. The second kappa shape index (κ2) is 9.04. The number of epoxide rings is 2. The molecular weight excluding hydrogens is 248 g/mol. The van der Waals surface area contributed by atoms with E-state index in [0.717, 1.165) is 6.42 Å². The summed E-state index contributed by atoms with van der Waals surface area (Å²) >= 11 is 0. The van der Waals surface area contributed by atoms with Gasteiger partial charge in [-0.25, -0.2) is 0 Å². The van der Waals surface area contributed by atoms with E-state index in [4.69, 9.17) is 9.47 Å². The third-order valence-electron chi connectivity index (χ3n) is 4.74. The lowest BCUT2D eigenvalue weighted by atomic mass is 10.0. The predicted molar refractivity (Wildman–Crippen MR) is 83.6 cm³/mol. The van der Waals surface area contributed by atoms with Gasteiger partial charge in [-0.2, -0.15) is 0 Å². The maximum atomic E-state index is 5.28. The summed E-state index contributed by atoms with van der Waals surface area (Å²) in [5.41, 5.74) is 0. The van der Waals surface area contributed by atoms with Crippen molar-refractivity contribution in [1.29, 1.82) is 0 Å². The highest BCUT2D eigenvalue weighted by Crippen LogP contribution is 2.59. The molecule has 0 aliphatic carbocycles. The van der Waals surface area contributed by atoms with Gasteiger partial charge in [0, 0.05) is 6.42 Å². The third-order valence-corrected chi connectivity index (χ3v) is 4.74. The van der Waals surface area contributed by atoms with Crippen molar-refractivity contribution in [2.24, 2.45) is 0 Å². The van der Waals surface area contributed by atoms with E-state index in [1.807, 2.05) is 0 Å². The molecule has 0 aromatic heterocycles. The van der Waals surface area contributed by atoms with Crippen LogP contribution in [0.15, 0.2) is 0 Å². The fraction of sp³-hybridized carbons (Fsp3) is 1.00. The summed E-state index contributed by atoms with van der Waals surface area (Å²) in [5.74, 6) is -0.0445. The Labute approximate surface area is 125 Å². The molecule has 2 heterocycles. The SMILES string of the molecule is CCCCCCCCCCCCCCCCC12OC1O2. The van der Waals surface area contributed by atoms with Crippen LogP contribution >= 0.6 is 0 Å². The lowest BCUT2D eigenvalue weighted by Crippen LogP contribution is -1.97. The minimum absolute atomic E-state index is 0.0445. The van der Waals surface area contributed by atoms with Crippen LogP contribution in [0.2, 0.25) is 0 Å². The lowest BCUT2D eigenvalue weighted by molar-refractivity contribution is -0.0542. The summed E-state index contributed by atoms with van der Waals surface area (Å²) in [5, 5.41) is 0. The Morgan fingerprint density at radius 3 is 1.30 bits per heavy atom. The van der Waals surface area contributed by atoms with Crippen molar-refractivity contribution in [3.05, 3.63) is 0 Å². The van der Waals surface area contributed by atoms with Crippen molar-refractivity contribution in [3.8, 4) is 0 Å². The lowest BCUT2D eigenvalue weighted by Gasteiger charge is -2.03. The van der Waals surface area contributed by atoms with Crippen LogP contribution in [0.4, 0.5) is 0 Å². The van der Waals surface area contributed by atoms with E-state index in [-0.39, 0.29) is 12.1 Å². The molecule has 2 nitrogen and oxygen atoms in total. The summed E-state index contributed by atoms with van der Waals surface area (Å²) in [6.45, 7) is 2.29. The van der Waals surface area contributed by atoms with Gasteiger partial charge in [-0.05, 0) is 6.42 Å². The fourth-order valence-electron chi connectivity index (χ4n) is 3.10. The molecule has 2 aliphatic heterocycles. The molecule has 0 aromatic carbocycles. The molecule has 0 unspecified atom stereocenters. The molecule has 2 rings (SSSR count). The predicted octanol–water partition coefficient (Wildman–Crippen LogP) is 5.94. The van der Waals surface area contributed by atoms with Crippen LogP contribution in [0.25, 0.3) is 0 Å². The van der Waals surface area contributed by atoms with E-state index in [1.165, 1.54) is 89.9 Å². The largest absolute Gasteiger partial charge is 0.310 e. The Balaban J connectivity index is 1.19. The summed E-state index contributed by atoms with van der Waals surface area (Å²) in [6, 6.07) is 0. The molecule has 2 heteroatoms. The summed E-state index contributed by atoms with van der Waals surface area (Å²) < 4.78 is 10.6. The molecule has 0 atom stereocenters. The summed E-state index contributed by atoms with van der Waals surface area (Å²) in [6.07, 6.45) is 21.3. The first-order chi connectivity index (χ1) is 9.87. The number of fused-ring (bicyclic) bond motifs is 1. The number of hydrogen-bond acceptors (Lipinski definition) is 2. The molecule has 118 valence electrons. The first-order valence-corrected chi connectivity index (χ1v) is 9.23. The topological polar surface area (TPSA) is 25.1 Å². The van der Waals surface area contributed by atoms with Crippen LogP contribution < -0.4 is 0 Å². The molecule has 0 radical (unpaired) electrons. The highest BCUT2D eigenvalue weighted by molar-refractivity contribution is 5.02. The Morgan fingerprint density at radius 1 is 0.600 bits per heavy atom. The minimum Gasteiger partial charge on any atom is -0.310 e. The Hall–Kier alpha value is -0.0800. The standard InChI is InChI=1S/C18H34O2/c1-2-3-4-5-6-7-8-9-10-11-12-13-14-15-16-18-17(19-18)20-18/h17H,2-16H2,1H3. The van der Waals surface area contributed by atoms with Crippen molar-refractivity contribution < 1.29 is 9.47 Å². The molecule has 0 amide bonds. The van der Waals surface area contributed by atoms with Gasteiger partial charge >= 0.3 is 0 Å². The zero-order valence-corrected chi connectivity index (χ0v) is 13.5. The van der Waals surface area contributed by atoms with Gasteiger partial charge < -0.3 is 9.47 Å². The van der Waals surface area contributed by atoms with Gasteiger partial charge in [-0.15, -0.1) is 0 Å².